The highest BCUT2D eigenvalue weighted by molar-refractivity contribution is 7.99. The number of aryl methyl sites for hydroxylation is 1. The average Bonchev–Trinajstić information content (AvgIpc) is 2.94. The van der Waals surface area contributed by atoms with Gasteiger partial charge in [-0.2, -0.15) is 0 Å². The van der Waals surface area contributed by atoms with Crippen LogP contribution in [0.5, 0.6) is 0 Å². The molecular weight excluding hydrogens is 337 g/mol. The lowest BCUT2D eigenvalue weighted by molar-refractivity contribution is -0.118. The Morgan fingerprint density at radius 3 is 2.83 bits per heavy atom. The Bertz CT molecular complexity index is 691. The minimum absolute atomic E-state index is 0.176. The first-order valence-electron chi connectivity index (χ1n) is 6.94. The molecule has 0 unspecified atom stereocenters. The number of carbonyl (C=O) groups excluding carboxylic acids is 2. The lowest BCUT2D eigenvalue weighted by Crippen LogP contribution is -2.13. The van der Waals surface area contributed by atoms with Crippen LogP contribution in [-0.2, 0) is 16.0 Å². The number of nitrogens with one attached hydrogen (secondary N) is 1. The number of benzene rings is 1. The van der Waals surface area contributed by atoms with Gasteiger partial charge in [-0.05, 0) is 18.6 Å². The SMILES string of the molecule is NC(=O)CCc1csc(NC(=O)CCSc2ccccc2F)n1. The molecule has 122 valence electrons. The van der Waals surface area contributed by atoms with Crippen LogP contribution in [0.15, 0.2) is 34.5 Å². The minimum atomic E-state index is -0.381. The molecular formula is C15H16FN3O2S2. The first-order chi connectivity index (χ1) is 11.0. The van der Waals surface area contributed by atoms with E-state index in [2.05, 4.69) is 10.3 Å². The van der Waals surface area contributed by atoms with Crippen LogP contribution < -0.4 is 11.1 Å². The molecule has 2 rings (SSSR count). The zero-order chi connectivity index (χ0) is 16.7. The fourth-order valence-corrected chi connectivity index (χ4v) is 3.38. The number of thioether (sulfide) groups is 1. The summed E-state index contributed by atoms with van der Waals surface area (Å²) >= 11 is 2.60. The predicted octanol–water partition coefficient (Wildman–Crippen LogP) is 2.82. The van der Waals surface area contributed by atoms with Crippen LogP contribution in [0, 0.1) is 5.82 Å². The van der Waals surface area contributed by atoms with E-state index in [4.69, 9.17) is 5.73 Å². The predicted molar refractivity (Wildman–Crippen MR) is 90.0 cm³/mol. The Hall–Kier alpha value is -1.93. The average molecular weight is 353 g/mol. The van der Waals surface area contributed by atoms with Crippen molar-refractivity contribution in [2.75, 3.05) is 11.1 Å². The molecule has 0 saturated carbocycles. The highest BCUT2D eigenvalue weighted by Crippen LogP contribution is 2.22. The second-order valence-corrected chi connectivity index (χ2v) is 6.68. The van der Waals surface area contributed by atoms with Crippen LogP contribution in [0.2, 0.25) is 0 Å². The van der Waals surface area contributed by atoms with Crippen molar-refractivity contribution >= 4 is 40.0 Å². The third-order valence-electron chi connectivity index (χ3n) is 2.85. The fraction of sp³-hybridized carbons (Fsp3) is 0.267. The van der Waals surface area contributed by atoms with Gasteiger partial charge in [0.2, 0.25) is 11.8 Å². The van der Waals surface area contributed by atoms with Crippen molar-refractivity contribution in [2.45, 2.75) is 24.2 Å². The van der Waals surface area contributed by atoms with Gasteiger partial charge in [-0.15, -0.1) is 23.1 Å². The number of hydrogen-bond acceptors (Lipinski definition) is 5. The summed E-state index contributed by atoms with van der Waals surface area (Å²) in [4.78, 5) is 27.3. The van der Waals surface area contributed by atoms with Gasteiger partial charge in [-0.3, -0.25) is 9.59 Å². The van der Waals surface area contributed by atoms with Gasteiger partial charge in [-0.25, -0.2) is 9.37 Å². The van der Waals surface area contributed by atoms with Crippen LogP contribution in [0.1, 0.15) is 18.5 Å². The van der Waals surface area contributed by atoms with Crippen molar-refractivity contribution in [1.29, 1.82) is 0 Å². The molecule has 2 amide bonds. The fourth-order valence-electron chi connectivity index (χ4n) is 1.73. The molecule has 0 aliphatic carbocycles. The maximum Gasteiger partial charge on any atom is 0.226 e. The van der Waals surface area contributed by atoms with E-state index in [1.165, 1.54) is 29.2 Å². The Kier molecular flexibility index (Phi) is 6.54. The van der Waals surface area contributed by atoms with Gasteiger partial charge < -0.3 is 11.1 Å². The summed E-state index contributed by atoms with van der Waals surface area (Å²) in [5.41, 5.74) is 5.81. The molecule has 1 heterocycles. The Morgan fingerprint density at radius 1 is 1.30 bits per heavy atom. The molecule has 3 N–H and O–H groups in total. The van der Waals surface area contributed by atoms with Crippen LogP contribution in [-0.4, -0.2) is 22.6 Å². The highest BCUT2D eigenvalue weighted by atomic mass is 32.2. The summed E-state index contributed by atoms with van der Waals surface area (Å²) < 4.78 is 13.4. The van der Waals surface area contributed by atoms with Crippen molar-refractivity contribution in [1.82, 2.24) is 4.98 Å². The van der Waals surface area contributed by atoms with Crippen molar-refractivity contribution in [3.8, 4) is 0 Å². The number of hydrogen-bond donors (Lipinski definition) is 2. The largest absolute Gasteiger partial charge is 0.370 e. The number of nitrogens with two attached hydrogens (primary N) is 1. The zero-order valence-corrected chi connectivity index (χ0v) is 13.9. The molecule has 23 heavy (non-hydrogen) atoms. The molecule has 5 nitrogen and oxygen atoms in total. The third-order valence-corrected chi connectivity index (χ3v) is 4.71. The maximum absolute atomic E-state index is 13.4. The number of amides is 2. The van der Waals surface area contributed by atoms with E-state index in [0.29, 0.717) is 22.2 Å². The molecule has 8 heteroatoms. The van der Waals surface area contributed by atoms with Gasteiger partial charge in [0.15, 0.2) is 5.13 Å². The molecule has 0 spiro atoms. The highest BCUT2D eigenvalue weighted by Gasteiger charge is 2.08. The van der Waals surface area contributed by atoms with E-state index in [-0.39, 0.29) is 30.5 Å². The molecule has 0 aliphatic heterocycles. The Labute approximate surface area is 141 Å². The maximum atomic E-state index is 13.4. The summed E-state index contributed by atoms with van der Waals surface area (Å²) in [6.07, 6.45) is 0.955. The smallest absolute Gasteiger partial charge is 0.226 e. The van der Waals surface area contributed by atoms with E-state index >= 15 is 0 Å². The van der Waals surface area contributed by atoms with Crippen molar-refractivity contribution in [3.63, 3.8) is 0 Å². The zero-order valence-electron chi connectivity index (χ0n) is 12.3. The molecule has 0 saturated heterocycles. The summed E-state index contributed by atoms with van der Waals surface area (Å²) in [6, 6.07) is 6.47. The molecule has 0 aliphatic rings. The van der Waals surface area contributed by atoms with Crippen molar-refractivity contribution in [2.24, 2.45) is 5.73 Å². The molecule has 2 aromatic rings. The number of nitrogens with zero attached hydrogens (tertiary/aromatic N) is 1. The first-order valence-corrected chi connectivity index (χ1v) is 8.81. The van der Waals surface area contributed by atoms with E-state index < -0.39 is 0 Å². The third kappa shape index (κ3) is 5.99. The van der Waals surface area contributed by atoms with E-state index in [1.54, 1.807) is 23.6 Å². The molecule has 0 fully saturated rings. The van der Waals surface area contributed by atoms with Crippen molar-refractivity contribution in [3.05, 3.63) is 41.2 Å². The number of rotatable bonds is 8. The van der Waals surface area contributed by atoms with Gasteiger partial charge in [0, 0.05) is 28.9 Å². The lowest BCUT2D eigenvalue weighted by atomic mass is 10.2. The van der Waals surface area contributed by atoms with E-state index in [9.17, 15) is 14.0 Å². The topological polar surface area (TPSA) is 85.1 Å². The second kappa shape index (κ2) is 8.64. The van der Waals surface area contributed by atoms with Crippen LogP contribution in [0.25, 0.3) is 0 Å². The number of primary amides is 1. The van der Waals surface area contributed by atoms with Crippen LogP contribution >= 0.6 is 23.1 Å². The monoisotopic (exact) mass is 353 g/mol. The summed E-state index contributed by atoms with van der Waals surface area (Å²) in [5.74, 6) is -0.359. The van der Waals surface area contributed by atoms with Gasteiger partial charge in [0.05, 0.1) is 5.69 Å². The van der Waals surface area contributed by atoms with Gasteiger partial charge in [0.25, 0.3) is 0 Å². The number of halogens is 1. The number of anilines is 1. The normalized spacial score (nSPS) is 10.5. The first kappa shape index (κ1) is 17.4. The Morgan fingerprint density at radius 2 is 2.09 bits per heavy atom. The summed E-state index contributed by atoms with van der Waals surface area (Å²) in [5, 5.41) is 4.97. The molecule has 0 atom stereocenters. The van der Waals surface area contributed by atoms with Gasteiger partial charge in [-0.1, -0.05) is 12.1 Å². The molecule has 1 aromatic heterocycles. The minimum Gasteiger partial charge on any atom is -0.370 e. The van der Waals surface area contributed by atoms with Crippen LogP contribution in [0.3, 0.4) is 0 Å². The Balaban J connectivity index is 1.74. The van der Waals surface area contributed by atoms with Crippen LogP contribution in [0.4, 0.5) is 9.52 Å². The summed E-state index contributed by atoms with van der Waals surface area (Å²) in [7, 11) is 0. The van der Waals surface area contributed by atoms with E-state index in [1.807, 2.05) is 0 Å². The van der Waals surface area contributed by atoms with Gasteiger partial charge >= 0.3 is 0 Å². The molecule has 0 bridgehead atoms. The number of thiazole rings is 1. The summed E-state index contributed by atoms with van der Waals surface area (Å²) in [6.45, 7) is 0. The lowest BCUT2D eigenvalue weighted by Gasteiger charge is -2.03. The molecule has 1 aromatic carbocycles. The second-order valence-electron chi connectivity index (χ2n) is 4.69. The number of aromatic nitrogens is 1. The van der Waals surface area contributed by atoms with E-state index in [0.717, 1.165) is 5.69 Å². The van der Waals surface area contributed by atoms with Crippen molar-refractivity contribution < 1.29 is 14.0 Å². The quantitative estimate of drug-likeness (QED) is 0.715. The van der Waals surface area contributed by atoms with Gasteiger partial charge in [0.1, 0.15) is 5.82 Å². The standard InChI is InChI=1S/C15H16FN3O2S2/c16-11-3-1-2-4-12(11)22-8-7-14(21)19-15-18-10(9-23-15)5-6-13(17)20/h1-4,9H,5-8H2,(H2,17,20)(H,18,19,21). The molecule has 0 radical (unpaired) electrons. The number of carbonyl (C=O) groups is 2.